The van der Waals surface area contributed by atoms with Crippen molar-refractivity contribution in [1.82, 2.24) is 0 Å². The highest BCUT2D eigenvalue weighted by Crippen LogP contribution is 2.59. The monoisotopic (exact) mass is 431 g/mol. The number of ether oxygens (including phenoxy) is 1. The second kappa shape index (κ2) is 9.11. The molecule has 2 aromatic rings. The van der Waals surface area contributed by atoms with E-state index in [4.69, 9.17) is 4.74 Å². The van der Waals surface area contributed by atoms with Crippen LogP contribution in [0.25, 0.3) is 0 Å². The van der Waals surface area contributed by atoms with Crippen LogP contribution in [0.4, 0.5) is 5.69 Å². The lowest BCUT2D eigenvalue weighted by Crippen LogP contribution is -2.55. The normalized spacial score (nSPS) is 26.2. The van der Waals surface area contributed by atoms with Crippen LogP contribution in [-0.4, -0.2) is 24.8 Å². The molecule has 2 aliphatic rings. The Hall–Kier alpha value is -3.21. The summed E-state index contributed by atoms with van der Waals surface area (Å²) in [6.45, 7) is 4.10. The van der Waals surface area contributed by atoms with Gasteiger partial charge in [0, 0.05) is 11.6 Å². The fourth-order valence-corrected chi connectivity index (χ4v) is 5.61. The van der Waals surface area contributed by atoms with E-state index in [0.717, 1.165) is 30.3 Å². The molecule has 1 N–H and O–H groups in total. The number of carbonyl (C=O) groups is 3. The van der Waals surface area contributed by atoms with Gasteiger partial charge in [-0.3, -0.25) is 14.4 Å². The number of rotatable bonds is 7. The van der Waals surface area contributed by atoms with Crippen molar-refractivity contribution in [3.63, 3.8) is 0 Å². The van der Waals surface area contributed by atoms with Gasteiger partial charge in [0.1, 0.15) is 11.7 Å². The molecule has 1 aliphatic heterocycles. The summed E-state index contributed by atoms with van der Waals surface area (Å²) in [4.78, 5) is 39.9. The third-order valence-corrected chi connectivity index (χ3v) is 6.81. The SMILES string of the molecule is CCCC[C@H]1C=C(C=O)[C@@H](c2ccccc2)[C@]2(C(=O)Nc3ccccc32)[C@@H]1C(=O)OCC. The topological polar surface area (TPSA) is 72.5 Å². The molecule has 166 valence electrons. The second-order valence-electron chi connectivity index (χ2n) is 8.53. The third kappa shape index (κ3) is 3.36. The number of hydrogen-bond donors (Lipinski definition) is 1. The predicted octanol–water partition coefficient (Wildman–Crippen LogP) is 4.78. The number of unbranched alkanes of at least 4 members (excludes halogenated alkanes) is 1. The molecule has 0 bridgehead atoms. The summed E-state index contributed by atoms with van der Waals surface area (Å²) >= 11 is 0. The number of esters is 1. The van der Waals surface area contributed by atoms with E-state index in [1.807, 2.05) is 60.7 Å². The van der Waals surface area contributed by atoms with E-state index in [9.17, 15) is 14.4 Å². The zero-order valence-electron chi connectivity index (χ0n) is 18.5. The molecule has 0 radical (unpaired) electrons. The van der Waals surface area contributed by atoms with E-state index in [-0.39, 0.29) is 24.4 Å². The second-order valence-corrected chi connectivity index (χ2v) is 8.53. The van der Waals surface area contributed by atoms with Crippen molar-refractivity contribution in [2.45, 2.75) is 44.4 Å². The van der Waals surface area contributed by atoms with Crippen LogP contribution < -0.4 is 5.32 Å². The van der Waals surface area contributed by atoms with Crippen LogP contribution >= 0.6 is 0 Å². The van der Waals surface area contributed by atoms with Gasteiger partial charge < -0.3 is 10.1 Å². The molecule has 4 rings (SSSR count). The van der Waals surface area contributed by atoms with Gasteiger partial charge in [0.2, 0.25) is 5.91 Å². The number of hydrogen-bond acceptors (Lipinski definition) is 4. The molecule has 2 aromatic carbocycles. The van der Waals surface area contributed by atoms with Gasteiger partial charge in [0.15, 0.2) is 0 Å². The van der Waals surface area contributed by atoms with Crippen LogP contribution in [0.3, 0.4) is 0 Å². The minimum absolute atomic E-state index is 0.232. The minimum Gasteiger partial charge on any atom is -0.466 e. The Bertz CT molecular complexity index is 1040. The number of fused-ring (bicyclic) bond motifs is 2. The van der Waals surface area contributed by atoms with Crippen molar-refractivity contribution in [1.29, 1.82) is 0 Å². The zero-order valence-corrected chi connectivity index (χ0v) is 18.5. The molecule has 0 fully saturated rings. The number of anilines is 1. The van der Waals surface area contributed by atoms with E-state index in [0.29, 0.717) is 17.7 Å². The van der Waals surface area contributed by atoms with Crippen molar-refractivity contribution in [2.24, 2.45) is 11.8 Å². The lowest BCUT2D eigenvalue weighted by molar-refractivity contribution is -0.156. The van der Waals surface area contributed by atoms with Crippen LogP contribution in [0.15, 0.2) is 66.2 Å². The molecule has 1 heterocycles. The Morgan fingerprint density at radius 2 is 1.81 bits per heavy atom. The standard InChI is InChI=1S/C27H29NO4/c1-3-5-11-19-16-20(17-29)23(18-12-7-6-8-13-18)27(24(19)25(30)32-4-2)21-14-9-10-15-22(21)28-26(27)31/h6-10,12-17,19,23-24H,3-5,11H2,1-2H3,(H,28,31)/t19-,23+,24-,27-/m0/s1. The summed E-state index contributed by atoms with van der Waals surface area (Å²) in [7, 11) is 0. The number of amides is 1. The summed E-state index contributed by atoms with van der Waals surface area (Å²) < 4.78 is 5.56. The van der Waals surface area contributed by atoms with Gasteiger partial charge in [0.25, 0.3) is 0 Å². The van der Waals surface area contributed by atoms with E-state index < -0.39 is 17.3 Å². The first-order chi connectivity index (χ1) is 15.6. The highest BCUT2D eigenvalue weighted by molar-refractivity contribution is 6.11. The van der Waals surface area contributed by atoms with Crippen LogP contribution in [0.2, 0.25) is 0 Å². The van der Waals surface area contributed by atoms with Crippen LogP contribution in [-0.2, 0) is 24.5 Å². The molecule has 1 aliphatic carbocycles. The van der Waals surface area contributed by atoms with Gasteiger partial charge >= 0.3 is 5.97 Å². The van der Waals surface area contributed by atoms with E-state index in [2.05, 4.69) is 12.2 Å². The Morgan fingerprint density at radius 1 is 1.09 bits per heavy atom. The first-order valence-corrected chi connectivity index (χ1v) is 11.4. The molecule has 1 spiro atoms. The van der Waals surface area contributed by atoms with Gasteiger partial charge in [-0.25, -0.2) is 0 Å². The molecular weight excluding hydrogens is 402 g/mol. The molecule has 0 saturated heterocycles. The number of para-hydroxylation sites is 1. The molecule has 0 unspecified atom stereocenters. The third-order valence-electron chi connectivity index (χ3n) is 6.81. The van der Waals surface area contributed by atoms with Crippen molar-refractivity contribution in [2.75, 3.05) is 11.9 Å². The number of allylic oxidation sites excluding steroid dienone is 2. The number of carbonyl (C=O) groups excluding carboxylic acids is 3. The lowest BCUT2D eigenvalue weighted by Gasteiger charge is -2.47. The van der Waals surface area contributed by atoms with Crippen molar-refractivity contribution in [3.8, 4) is 0 Å². The van der Waals surface area contributed by atoms with Gasteiger partial charge in [0.05, 0.1) is 12.5 Å². The minimum atomic E-state index is -1.26. The molecule has 4 atom stereocenters. The smallest absolute Gasteiger partial charge is 0.311 e. The van der Waals surface area contributed by atoms with E-state index in [1.54, 1.807) is 6.92 Å². The highest BCUT2D eigenvalue weighted by atomic mass is 16.5. The summed E-state index contributed by atoms with van der Waals surface area (Å²) in [5, 5.41) is 3.02. The van der Waals surface area contributed by atoms with Crippen molar-refractivity contribution >= 4 is 23.9 Å². The maximum Gasteiger partial charge on any atom is 0.311 e. The van der Waals surface area contributed by atoms with Gasteiger partial charge in [-0.05, 0) is 42.0 Å². The Balaban J connectivity index is 2.05. The largest absolute Gasteiger partial charge is 0.466 e. The van der Waals surface area contributed by atoms with Crippen molar-refractivity contribution < 1.29 is 19.1 Å². The maximum absolute atomic E-state index is 13.9. The number of nitrogens with one attached hydrogen (secondary N) is 1. The van der Waals surface area contributed by atoms with E-state index >= 15 is 0 Å². The molecule has 5 nitrogen and oxygen atoms in total. The fraction of sp³-hybridized carbons (Fsp3) is 0.370. The molecule has 1 amide bonds. The fourth-order valence-electron chi connectivity index (χ4n) is 5.61. The molecule has 32 heavy (non-hydrogen) atoms. The first-order valence-electron chi connectivity index (χ1n) is 11.4. The van der Waals surface area contributed by atoms with Gasteiger partial charge in [-0.15, -0.1) is 0 Å². The van der Waals surface area contributed by atoms with Crippen LogP contribution in [0.5, 0.6) is 0 Å². The molecular formula is C27H29NO4. The number of benzene rings is 2. The average molecular weight is 432 g/mol. The van der Waals surface area contributed by atoms with Gasteiger partial charge in [-0.2, -0.15) is 0 Å². The Labute approximate surface area is 188 Å². The van der Waals surface area contributed by atoms with Crippen LogP contribution in [0, 0.1) is 11.8 Å². The predicted molar refractivity (Wildman–Crippen MR) is 123 cm³/mol. The van der Waals surface area contributed by atoms with Gasteiger partial charge in [-0.1, -0.05) is 74.4 Å². The Morgan fingerprint density at radius 3 is 2.50 bits per heavy atom. The number of aldehydes is 1. The summed E-state index contributed by atoms with van der Waals surface area (Å²) in [6.07, 6.45) is 5.32. The van der Waals surface area contributed by atoms with E-state index in [1.165, 1.54) is 0 Å². The first kappa shape index (κ1) is 22.0. The molecule has 0 saturated carbocycles. The lowest BCUT2D eigenvalue weighted by atomic mass is 9.52. The van der Waals surface area contributed by atoms with Crippen molar-refractivity contribution in [3.05, 3.63) is 77.4 Å². The highest BCUT2D eigenvalue weighted by Gasteiger charge is 2.64. The maximum atomic E-state index is 13.9. The molecule has 0 aromatic heterocycles. The summed E-state index contributed by atoms with van der Waals surface area (Å²) in [6, 6.07) is 17.0. The Kier molecular flexibility index (Phi) is 6.26. The summed E-state index contributed by atoms with van der Waals surface area (Å²) in [5.74, 6) is -2.23. The quantitative estimate of drug-likeness (QED) is 0.506. The van der Waals surface area contributed by atoms with Crippen LogP contribution in [0.1, 0.15) is 50.2 Å². The molecule has 5 heteroatoms. The zero-order chi connectivity index (χ0) is 22.7. The summed E-state index contributed by atoms with van der Waals surface area (Å²) in [5.41, 5.74) is 1.57. The average Bonchev–Trinajstić information content (AvgIpc) is 3.09.